The highest BCUT2D eigenvalue weighted by atomic mass is 32.3. The van der Waals surface area contributed by atoms with E-state index in [1.165, 1.54) is 89.9 Å². The summed E-state index contributed by atoms with van der Waals surface area (Å²) in [7, 11) is -5.06. The Balaban J connectivity index is 2.36. The van der Waals surface area contributed by atoms with E-state index in [0.29, 0.717) is 13.0 Å². The van der Waals surface area contributed by atoms with Crippen LogP contribution in [0.2, 0.25) is 0 Å². The molecule has 6 atom stereocenters. The molecule has 1 saturated heterocycles. The van der Waals surface area contributed by atoms with Gasteiger partial charge in [0.2, 0.25) is 0 Å². The molecule has 0 saturated carbocycles. The summed E-state index contributed by atoms with van der Waals surface area (Å²) >= 11 is 0. The minimum atomic E-state index is -5.06. The average molecular weight is 887 g/mol. The van der Waals surface area contributed by atoms with Gasteiger partial charge < -0.3 is 34.3 Å². The molecular weight excluding hydrogens is 801 g/mol. The lowest BCUT2D eigenvalue weighted by atomic mass is 9.99. The second-order valence-corrected chi connectivity index (χ2v) is 17.4. The summed E-state index contributed by atoms with van der Waals surface area (Å²) in [6, 6.07) is 0. The number of allylic oxidation sites excluding steroid dienone is 8. The summed E-state index contributed by atoms with van der Waals surface area (Å²) in [5.41, 5.74) is 0. The first-order valence-electron chi connectivity index (χ1n) is 23.9. The second kappa shape index (κ2) is 39.6. The zero-order valence-electron chi connectivity index (χ0n) is 38.0. The highest BCUT2D eigenvalue weighted by Crippen LogP contribution is 2.26. The van der Waals surface area contributed by atoms with Gasteiger partial charge in [0.25, 0.3) is 0 Å². The fourth-order valence-electron chi connectivity index (χ4n) is 7.03. The number of hydrogen-bond donors (Lipinski definition) is 4. The van der Waals surface area contributed by atoms with Gasteiger partial charge >= 0.3 is 16.4 Å². The Labute approximate surface area is 370 Å². The molecule has 0 aromatic carbocycles. The molecule has 0 aromatic rings. The van der Waals surface area contributed by atoms with Crippen LogP contribution in [-0.2, 0) is 38.3 Å². The van der Waals surface area contributed by atoms with Gasteiger partial charge in [-0.3, -0.25) is 9.35 Å². The van der Waals surface area contributed by atoms with E-state index >= 15 is 0 Å². The standard InChI is InChI=1S/C48H86O12S/c1-3-5-7-9-11-13-15-16-17-18-19-20-21-22-23-24-25-26-27-29-31-33-35-37-44(50)58-42(40-56-38-36-34-32-30-28-14-12-10-8-6-4-2)41-57-48-46(52)47(60-61(53,54)55)45(51)43(39-49)59-48/h8,10,15-16,18-19,21-22,42-43,45-49,51-52H,3-7,9,11-14,17,20,23-41H2,1-2H3,(H,53,54,55)/b10-8-,16-15-,19-18-,22-21-. The number of carbonyl (C=O) groups excluding carboxylic acids is 1. The molecule has 0 amide bonds. The van der Waals surface area contributed by atoms with Crippen molar-refractivity contribution in [3.05, 3.63) is 48.6 Å². The third-order valence-corrected chi connectivity index (χ3v) is 11.1. The maximum atomic E-state index is 12.9. The van der Waals surface area contributed by atoms with Crippen LogP contribution in [0.4, 0.5) is 0 Å². The van der Waals surface area contributed by atoms with Crippen LogP contribution in [0.25, 0.3) is 0 Å². The lowest BCUT2D eigenvalue weighted by Gasteiger charge is -2.41. The average Bonchev–Trinajstić information content (AvgIpc) is 3.23. The zero-order valence-corrected chi connectivity index (χ0v) is 38.8. The fourth-order valence-corrected chi connectivity index (χ4v) is 7.54. The summed E-state index contributed by atoms with van der Waals surface area (Å²) in [5, 5.41) is 30.7. The first-order valence-corrected chi connectivity index (χ1v) is 25.3. The minimum absolute atomic E-state index is 0.0275. The van der Waals surface area contributed by atoms with Crippen molar-refractivity contribution in [2.75, 3.05) is 26.4 Å². The van der Waals surface area contributed by atoms with Gasteiger partial charge in [-0.25, -0.2) is 4.18 Å². The molecule has 0 bridgehead atoms. The van der Waals surface area contributed by atoms with Crippen molar-refractivity contribution in [2.24, 2.45) is 0 Å². The third kappa shape index (κ3) is 33.3. The topological polar surface area (TPSA) is 178 Å². The van der Waals surface area contributed by atoms with Crippen LogP contribution in [0.5, 0.6) is 0 Å². The maximum absolute atomic E-state index is 12.9. The van der Waals surface area contributed by atoms with Gasteiger partial charge in [0, 0.05) is 13.0 Å². The smallest absolute Gasteiger partial charge is 0.397 e. The molecule has 1 fully saturated rings. The van der Waals surface area contributed by atoms with Crippen molar-refractivity contribution >= 4 is 16.4 Å². The van der Waals surface area contributed by atoms with Crippen molar-refractivity contribution in [2.45, 2.75) is 224 Å². The largest absolute Gasteiger partial charge is 0.457 e. The Morgan fingerprint density at radius 3 is 1.66 bits per heavy atom. The first kappa shape index (κ1) is 57.1. The maximum Gasteiger partial charge on any atom is 0.397 e. The van der Waals surface area contributed by atoms with Crippen LogP contribution in [0.3, 0.4) is 0 Å². The number of unbranched alkanes of at least 4 members (excludes halogenated alkanes) is 20. The van der Waals surface area contributed by atoms with Gasteiger partial charge in [-0.2, -0.15) is 8.42 Å². The highest BCUT2D eigenvalue weighted by Gasteiger charge is 2.48. The third-order valence-electron chi connectivity index (χ3n) is 10.7. The Bertz CT molecular complexity index is 1250. The molecular formula is C48H86O12S. The first-order chi connectivity index (χ1) is 29.6. The van der Waals surface area contributed by atoms with Gasteiger partial charge in [0.1, 0.15) is 30.5 Å². The van der Waals surface area contributed by atoms with Crippen LogP contribution < -0.4 is 0 Å². The van der Waals surface area contributed by atoms with Crippen LogP contribution in [0.1, 0.15) is 187 Å². The number of hydrogen-bond acceptors (Lipinski definition) is 11. The SMILES string of the molecule is CCC/C=C\CCCCCCCCOCC(COC1OC(CO)C(O)C(OS(=O)(=O)O)C1O)OC(=O)CCCCCCCCCC/C=C\C/C=C\C/C=C\CCCCCCC. The second-order valence-electron chi connectivity index (χ2n) is 16.3. The van der Waals surface area contributed by atoms with Crippen molar-refractivity contribution in [1.82, 2.24) is 0 Å². The van der Waals surface area contributed by atoms with Gasteiger partial charge in [0.05, 0.1) is 19.8 Å². The molecule has 0 spiro atoms. The van der Waals surface area contributed by atoms with Crippen LogP contribution >= 0.6 is 0 Å². The van der Waals surface area contributed by atoms with Crippen LogP contribution in [0, 0.1) is 0 Å². The van der Waals surface area contributed by atoms with E-state index in [9.17, 15) is 28.5 Å². The molecule has 6 unspecified atom stereocenters. The predicted molar refractivity (Wildman–Crippen MR) is 243 cm³/mol. The van der Waals surface area contributed by atoms with Gasteiger partial charge in [-0.15, -0.1) is 0 Å². The molecule has 0 aliphatic carbocycles. The summed E-state index contributed by atoms with van der Waals surface area (Å²) in [6.45, 7) is 3.89. The van der Waals surface area contributed by atoms with Gasteiger partial charge in [-0.1, -0.05) is 159 Å². The Morgan fingerprint density at radius 1 is 0.623 bits per heavy atom. The van der Waals surface area contributed by atoms with Crippen LogP contribution in [0.15, 0.2) is 48.6 Å². The summed E-state index contributed by atoms with van der Waals surface area (Å²) in [4.78, 5) is 12.9. The number of rotatable bonds is 41. The number of ether oxygens (including phenoxy) is 4. The molecule has 13 heteroatoms. The molecule has 1 aliphatic rings. The summed E-state index contributed by atoms with van der Waals surface area (Å²) in [5.74, 6) is -0.410. The molecule has 1 aliphatic heterocycles. The molecule has 12 nitrogen and oxygen atoms in total. The van der Waals surface area contributed by atoms with Crippen molar-refractivity contribution in [1.29, 1.82) is 0 Å². The van der Waals surface area contributed by atoms with E-state index < -0.39 is 59.8 Å². The Morgan fingerprint density at radius 2 is 1.11 bits per heavy atom. The molecule has 0 aromatic heterocycles. The molecule has 356 valence electrons. The molecule has 4 N–H and O–H groups in total. The van der Waals surface area contributed by atoms with E-state index in [4.69, 9.17) is 23.5 Å². The van der Waals surface area contributed by atoms with E-state index in [0.717, 1.165) is 70.6 Å². The van der Waals surface area contributed by atoms with E-state index in [1.54, 1.807) is 0 Å². The van der Waals surface area contributed by atoms with Crippen molar-refractivity contribution in [3.8, 4) is 0 Å². The van der Waals surface area contributed by atoms with Crippen molar-refractivity contribution < 1.29 is 56.2 Å². The Kier molecular flexibility index (Phi) is 37.1. The van der Waals surface area contributed by atoms with E-state index in [2.05, 4.69) is 66.6 Å². The van der Waals surface area contributed by atoms with Gasteiger partial charge in [0.15, 0.2) is 6.29 Å². The minimum Gasteiger partial charge on any atom is -0.457 e. The predicted octanol–water partition coefficient (Wildman–Crippen LogP) is 10.4. The lowest BCUT2D eigenvalue weighted by molar-refractivity contribution is -0.301. The molecule has 1 rings (SSSR count). The monoisotopic (exact) mass is 887 g/mol. The summed E-state index contributed by atoms with van der Waals surface area (Å²) in [6.07, 6.45) is 38.6. The van der Waals surface area contributed by atoms with Crippen molar-refractivity contribution in [3.63, 3.8) is 0 Å². The quantitative estimate of drug-likeness (QED) is 0.0198. The summed E-state index contributed by atoms with van der Waals surface area (Å²) < 4.78 is 59.0. The highest BCUT2D eigenvalue weighted by molar-refractivity contribution is 7.80. The number of carbonyl (C=O) groups is 1. The molecule has 61 heavy (non-hydrogen) atoms. The number of aliphatic hydroxyl groups excluding tert-OH is 3. The molecule has 1 heterocycles. The van der Waals surface area contributed by atoms with E-state index in [1.807, 2.05) is 0 Å². The Hall–Kier alpha value is -1.94. The van der Waals surface area contributed by atoms with Crippen LogP contribution in [-0.4, -0.2) is 97.5 Å². The number of aliphatic hydroxyl groups is 3. The lowest BCUT2D eigenvalue weighted by Crippen LogP contribution is -2.60. The fraction of sp³-hybridized carbons (Fsp3) is 0.812. The molecule has 0 radical (unpaired) electrons. The number of esters is 1. The zero-order chi connectivity index (χ0) is 44.7. The van der Waals surface area contributed by atoms with E-state index in [-0.39, 0.29) is 19.6 Å². The van der Waals surface area contributed by atoms with Gasteiger partial charge in [-0.05, 0) is 70.6 Å². The normalized spacial score (nSPS) is 20.5.